The predicted octanol–water partition coefficient (Wildman–Crippen LogP) is 4.84. The Morgan fingerprint density at radius 2 is 1.93 bits per heavy atom. The first-order valence-electron chi connectivity index (χ1n) is 3.90. The number of halogens is 4. The molecule has 4 nitrogen and oxygen atoms in total. The molecule has 0 aromatic rings. The second-order valence-corrected chi connectivity index (χ2v) is 5.72. The lowest BCUT2D eigenvalue weighted by molar-refractivity contribution is 0.210. The van der Waals surface area contributed by atoms with Crippen molar-refractivity contribution in [2.75, 3.05) is 13.2 Å². The van der Waals surface area contributed by atoms with Gasteiger partial charge in [0.05, 0.1) is 13.2 Å². The van der Waals surface area contributed by atoms with E-state index in [1.807, 2.05) is 0 Å². The van der Waals surface area contributed by atoms with Crippen LogP contribution in [0.25, 0.3) is 0 Å². The van der Waals surface area contributed by atoms with E-state index in [0.717, 1.165) is 0 Å². The van der Waals surface area contributed by atoms with Gasteiger partial charge in [-0.2, -0.15) is 17.1 Å². The van der Waals surface area contributed by atoms with E-state index in [9.17, 15) is 17.1 Å². The van der Waals surface area contributed by atoms with Crippen molar-refractivity contribution in [3.05, 3.63) is 0 Å². The van der Waals surface area contributed by atoms with Gasteiger partial charge in [-0.3, -0.25) is 0 Å². The highest BCUT2D eigenvalue weighted by Crippen LogP contribution is 2.62. The first kappa shape index (κ1) is 15.7. The highest BCUT2D eigenvalue weighted by Gasteiger charge is 2.30. The van der Waals surface area contributed by atoms with Crippen LogP contribution in [-0.2, 0) is 9.05 Å². The van der Waals surface area contributed by atoms with E-state index >= 15 is 0 Å². The summed E-state index contributed by atoms with van der Waals surface area (Å²) < 4.78 is 61.1. The Kier molecular flexibility index (Phi) is 9.20. The SMILES string of the molecule is CCOP(F)N(F)P(F)/N=[PH](\F)OCC. The van der Waals surface area contributed by atoms with Gasteiger partial charge in [0.15, 0.2) is 0 Å². The van der Waals surface area contributed by atoms with Crippen LogP contribution in [0.1, 0.15) is 13.8 Å². The van der Waals surface area contributed by atoms with Crippen LogP contribution >= 0.6 is 25.4 Å². The van der Waals surface area contributed by atoms with Crippen molar-refractivity contribution in [3.8, 4) is 0 Å². The van der Waals surface area contributed by atoms with Crippen molar-refractivity contribution >= 4 is 25.4 Å². The van der Waals surface area contributed by atoms with Crippen LogP contribution in [-0.4, -0.2) is 17.9 Å². The standard InChI is InChI=1S/C4H11F4N2O2P3/c1-3-11-14(7)9-13(6)10(5)15(8)12-4-2/h14H,3-4H2,1-2H3. The Bertz CT molecular complexity index is 212. The summed E-state index contributed by atoms with van der Waals surface area (Å²) in [6.45, 7) is 2.80. The molecule has 0 radical (unpaired) electrons. The van der Waals surface area contributed by atoms with Crippen LogP contribution in [0.5, 0.6) is 0 Å². The van der Waals surface area contributed by atoms with Crippen LogP contribution in [0, 0.1) is 0 Å². The predicted molar refractivity (Wildman–Crippen MR) is 54.1 cm³/mol. The third kappa shape index (κ3) is 6.77. The van der Waals surface area contributed by atoms with Gasteiger partial charge < -0.3 is 9.05 Å². The monoisotopic (exact) mass is 288 g/mol. The second-order valence-electron chi connectivity index (χ2n) is 1.91. The molecule has 0 aliphatic rings. The molecule has 0 aliphatic heterocycles. The first-order valence-corrected chi connectivity index (χ1v) is 7.37. The Hall–Kier alpha value is 0.690. The van der Waals surface area contributed by atoms with Gasteiger partial charge in [-0.15, -0.1) is 4.48 Å². The molecule has 0 aliphatic carbocycles. The molecule has 92 valence electrons. The lowest BCUT2D eigenvalue weighted by Crippen LogP contribution is -1.95. The fourth-order valence-corrected chi connectivity index (χ4v) is 3.03. The fraction of sp³-hybridized carbons (Fsp3) is 1.00. The van der Waals surface area contributed by atoms with E-state index in [-0.39, 0.29) is 13.2 Å². The summed E-state index contributed by atoms with van der Waals surface area (Å²) in [5.74, 6) is 0. The van der Waals surface area contributed by atoms with Crippen molar-refractivity contribution in [1.29, 1.82) is 0 Å². The largest absolute Gasteiger partial charge is 0.340 e. The maximum Gasteiger partial charge on any atom is 0.340 e. The molecule has 15 heavy (non-hydrogen) atoms. The molecule has 0 rings (SSSR count). The van der Waals surface area contributed by atoms with Gasteiger partial charge in [-0.25, -0.2) is 0 Å². The smallest absolute Gasteiger partial charge is 0.323 e. The minimum absolute atomic E-state index is 0.000395. The van der Waals surface area contributed by atoms with Crippen LogP contribution in [0.3, 0.4) is 0 Å². The van der Waals surface area contributed by atoms with Crippen molar-refractivity contribution in [1.82, 2.24) is 4.66 Å². The normalized spacial score (nSPS) is 18.1. The maximum absolute atomic E-state index is 12.8. The quantitative estimate of drug-likeness (QED) is 0.382. The molecule has 0 aromatic carbocycles. The van der Waals surface area contributed by atoms with E-state index in [1.54, 1.807) is 0 Å². The average molecular weight is 288 g/mol. The second kappa shape index (κ2) is 8.80. The molecule has 0 saturated carbocycles. The van der Waals surface area contributed by atoms with Gasteiger partial charge in [0, 0.05) is 4.66 Å². The molecule has 3 atom stereocenters. The molecule has 0 saturated heterocycles. The highest BCUT2D eigenvalue weighted by atomic mass is 31.2. The Morgan fingerprint density at radius 3 is 2.40 bits per heavy atom. The molecule has 11 heteroatoms. The molecule has 0 N–H and O–H groups in total. The summed E-state index contributed by atoms with van der Waals surface area (Å²) >= 11 is 0. The lowest BCUT2D eigenvalue weighted by atomic mass is 10.9. The van der Waals surface area contributed by atoms with Gasteiger partial charge in [0.25, 0.3) is 0 Å². The van der Waals surface area contributed by atoms with Crippen LogP contribution in [0.4, 0.5) is 17.1 Å². The first-order chi connectivity index (χ1) is 7.02. The Balaban J connectivity index is 4.18. The molecule has 3 unspecified atom stereocenters. The number of nitrogens with zero attached hydrogens (tertiary/aromatic N) is 2. The average Bonchev–Trinajstić information content (AvgIpc) is 2.17. The van der Waals surface area contributed by atoms with Crippen molar-refractivity contribution in [2.45, 2.75) is 13.8 Å². The third-order valence-electron chi connectivity index (χ3n) is 0.926. The number of rotatable bonds is 7. The van der Waals surface area contributed by atoms with Gasteiger partial charge in [0.2, 0.25) is 8.25 Å². The van der Waals surface area contributed by atoms with E-state index in [4.69, 9.17) is 0 Å². The Labute approximate surface area is 88.5 Å². The summed E-state index contributed by atoms with van der Waals surface area (Å²) in [4.78, 5) is 0. The topological polar surface area (TPSA) is 34.1 Å². The van der Waals surface area contributed by atoms with Crippen LogP contribution < -0.4 is 0 Å². The van der Waals surface area contributed by atoms with E-state index in [1.165, 1.54) is 13.8 Å². The lowest BCUT2D eigenvalue weighted by Gasteiger charge is -2.13. The van der Waals surface area contributed by atoms with Crippen molar-refractivity contribution in [3.63, 3.8) is 0 Å². The molecule has 0 heterocycles. The molecule has 0 aromatic heterocycles. The highest BCUT2D eigenvalue weighted by molar-refractivity contribution is 7.64. The maximum atomic E-state index is 12.8. The molecule has 0 fully saturated rings. The number of hydrogen-bond acceptors (Lipinski definition) is 4. The summed E-state index contributed by atoms with van der Waals surface area (Å²) in [5, 5.41) is 0. The van der Waals surface area contributed by atoms with Crippen molar-refractivity contribution in [2.24, 2.45) is 4.52 Å². The van der Waals surface area contributed by atoms with E-state index < -0.39 is 30.1 Å². The third-order valence-corrected chi connectivity index (χ3v) is 4.61. The van der Waals surface area contributed by atoms with Crippen molar-refractivity contribution < 1.29 is 26.1 Å². The van der Waals surface area contributed by atoms with E-state index in [0.29, 0.717) is 0 Å². The zero-order valence-corrected chi connectivity index (χ0v) is 10.8. The van der Waals surface area contributed by atoms with Gasteiger partial charge in [-0.05, 0) is 13.8 Å². The molecular formula is C4H11F4N2O2P3. The number of hydrogen-bond donors (Lipinski definition) is 0. The minimum Gasteiger partial charge on any atom is -0.323 e. The summed E-state index contributed by atoms with van der Waals surface area (Å²) in [6.07, 6.45) is 0. The molecule has 0 spiro atoms. The fourth-order valence-electron chi connectivity index (χ4n) is 0.462. The molecule has 0 bridgehead atoms. The zero-order chi connectivity index (χ0) is 11.8. The Morgan fingerprint density at radius 1 is 1.33 bits per heavy atom. The summed E-state index contributed by atoms with van der Waals surface area (Å²) in [7, 11) is -9.82. The molecule has 0 amide bonds. The van der Waals surface area contributed by atoms with Crippen LogP contribution in [0.2, 0.25) is 0 Å². The zero-order valence-electron chi connectivity index (χ0n) is 8.03. The summed E-state index contributed by atoms with van der Waals surface area (Å²) in [6, 6.07) is 0. The van der Waals surface area contributed by atoms with Gasteiger partial charge >= 0.3 is 17.1 Å². The summed E-state index contributed by atoms with van der Waals surface area (Å²) in [5.41, 5.74) is 0. The van der Waals surface area contributed by atoms with Gasteiger partial charge in [-0.1, -0.05) is 0 Å². The van der Waals surface area contributed by atoms with E-state index in [2.05, 4.69) is 13.6 Å². The van der Waals surface area contributed by atoms with Gasteiger partial charge in [0.1, 0.15) is 0 Å². The van der Waals surface area contributed by atoms with Crippen LogP contribution in [0.15, 0.2) is 4.52 Å². The minimum atomic E-state index is -3.38. The molecular weight excluding hydrogens is 277 g/mol.